The fraction of sp³-hybridized carbons (Fsp3) is 0.409. The summed E-state index contributed by atoms with van der Waals surface area (Å²) in [7, 11) is 0. The first-order chi connectivity index (χ1) is 13.7. The molecule has 0 saturated carbocycles. The number of hydrogen-bond donors (Lipinski definition) is 1. The van der Waals surface area contributed by atoms with E-state index in [9.17, 15) is 0 Å². The van der Waals surface area contributed by atoms with E-state index < -0.39 is 0 Å². The number of aryl methyl sites for hydroxylation is 2. The van der Waals surface area contributed by atoms with E-state index in [0.29, 0.717) is 0 Å². The Kier molecular flexibility index (Phi) is 6.42. The molecule has 0 bridgehead atoms. The van der Waals surface area contributed by atoms with E-state index in [-0.39, 0.29) is 6.04 Å². The van der Waals surface area contributed by atoms with Crippen molar-refractivity contribution in [3.63, 3.8) is 0 Å². The highest BCUT2D eigenvalue weighted by molar-refractivity contribution is 7.09. The molecule has 1 fully saturated rings. The smallest absolute Gasteiger partial charge is 0.110 e. The Morgan fingerprint density at radius 2 is 2.04 bits per heavy atom. The number of nitrogens with zero attached hydrogens (tertiary/aromatic N) is 2. The Labute approximate surface area is 175 Å². The lowest BCUT2D eigenvalue weighted by Gasteiger charge is -2.29. The summed E-state index contributed by atoms with van der Waals surface area (Å²) < 4.78 is 5.47. The van der Waals surface area contributed by atoms with Gasteiger partial charge in [0, 0.05) is 36.4 Å². The minimum Gasteiger partial charge on any atom is -0.378 e. The van der Waals surface area contributed by atoms with Crippen LogP contribution < -0.4 is 10.2 Å². The predicted octanol–water partition coefficient (Wildman–Crippen LogP) is 4.73. The molecule has 1 aromatic carbocycles. The van der Waals surface area contributed by atoms with Gasteiger partial charge in [0.25, 0.3) is 0 Å². The van der Waals surface area contributed by atoms with Crippen LogP contribution in [0, 0.1) is 13.8 Å². The molecule has 3 aromatic rings. The van der Waals surface area contributed by atoms with E-state index in [1.807, 2.05) is 0 Å². The van der Waals surface area contributed by atoms with Crippen LogP contribution in [-0.4, -0.2) is 31.3 Å². The summed E-state index contributed by atoms with van der Waals surface area (Å²) in [4.78, 5) is 7.15. The van der Waals surface area contributed by atoms with E-state index in [1.165, 1.54) is 27.4 Å². The van der Waals surface area contributed by atoms with Crippen LogP contribution in [0.3, 0.4) is 0 Å². The van der Waals surface area contributed by atoms with Gasteiger partial charge < -0.3 is 15.0 Å². The highest BCUT2D eigenvalue weighted by Gasteiger charge is 2.17. The molecule has 2 aromatic heterocycles. The van der Waals surface area contributed by atoms with E-state index in [2.05, 4.69) is 64.5 Å². The molecule has 6 heteroatoms. The summed E-state index contributed by atoms with van der Waals surface area (Å²) in [5.74, 6) is 0. The Balaban J connectivity index is 1.45. The van der Waals surface area contributed by atoms with Gasteiger partial charge in [0.05, 0.1) is 19.3 Å². The summed E-state index contributed by atoms with van der Waals surface area (Å²) in [6.07, 6.45) is 0.974. The molecular weight excluding hydrogens is 386 g/mol. The topological polar surface area (TPSA) is 37.4 Å². The van der Waals surface area contributed by atoms with Gasteiger partial charge in [0.2, 0.25) is 0 Å². The number of anilines is 1. The van der Waals surface area contributed by atoms with Crippen LogP contribution in [0.15, 0.2) is 40.4 Å². The van der Waals surface area contributed by atoms with Gasteiger partial charge >= 0.3 is 0 Å². The van der Waals surface area contributed by atoms with Gasteiger partial charge in [0.15, 0.2) is 0 Å². The number of morpholine rings is 1. The number of hydrogen-bond acceptors (Lipinski definition) is 6. The third-order valence-corrected chi connectivity index (χ3v) is 7.00. The first-order valence-electron chi connectivity index (χ1n) is 9.78. The number of benzene rings is 1. The minimum atomic E-state index is 0.242. The Morgan fingerprint density at radius 1 is 1.18 bits per heavy atom. The zero-order chi connectivity index (χ0) is 19.3. The number of rotatable bonds is 7. The molecule has 1 saturated heterocycles. The van der Waals surface area contributed by atoms with Crippen molar-refractivity contribution in [3.05, 3.63) is 67.8 Å². The second kappa shape index (κ2) is 9.18. The van der Waals surface area contributed by atoms with Crippen LogP contribution in [0.5, 0.6) is 0 Å². The van der Waals surface area contributed by atoms with Crippen molar-refractivity contribution in [1.82, 2.24) is 10.3 Å². The molecule has 1 N–H and O–H groups in total. The van der Waals surface area contributed by atoms with Gasteiger partial charge in [0.1, 0.15) is 5.01 Å². The van der Waals surface area contributed by atoms with Crippen LogP contribution >= 0.6 is 22.7 Å². The predicted molar refractivity (Wildman–Crippen MR) is 119 cm³/mol. The monoisotopic (exact) mass is 413 g/mol. The number of thiophene rings is 1. The second-order valence-corrected chi connectivity index (χ2v) is 8.98. The molecule has 28 heavy (non-hydrogen) atoms. The minimum absolute atomic E-state index is 0.242. The number of aromatic nitrogens is 1. The fourth-order valence-electron chi connectivity index (χ4n) is 3.55. The van der Waals surface area contributed by atoms with Gasteiger partial charge in [-0.1, -0.05) is 6.07 Å². The molecule has 148 valence electrons. The van der Waals surface area contributed by atoms with Crippen molar-refractivity contribution < 1.29 is 4.74 Å². The molecule has 3 heterocycles. The van der Waals surface area contributed by atoms with E-state index in [4.69, 9.17) is 9.72 Å². The Hall–Kier alpha value is -1.73. The standard InChI is InChI=1S/C22H27N3OS2/c1-16-11-20(25-6-8-26-9-7-25)4-3-19(16)13-23-21(12-18-5-10-27-15-18)22-24-17(2)14-28-22/h3-5,10-11,14-15,21,23H,6-9,12-13H2,1-2H3/t21-/m0/s1. The van der Waals surface area contributed by atoms with Gasteiger partial charge in [-0.25, -0.2) is 4.98 Å². The molecule has 0 amide bonds. The maximum Gasteiger partial charge on any atom is 0.110 e. The van der Waals surface area contributed by atoms with Crippen LogP contribution in [0.4, 0.5) is 5.69 Å². The van der Waals surface area contributed by atoms with E-state index in [1.54, 1.807) is 22.7 Å². The molecule has 1 aliphatic heterocycles. The zero-order valence-corrected chi connectivity index (χ0v) is 18.1. The van der Waals surface area contributed by atoms with E-state index in [0.717, 1.165) is 45.0 Å². The third-order valence-electron chi connectivity index (χ3n) is 5.20. The summed E-state index contributed by atoms with van der Waals surface area (Å²) in [6, 6.07) is 9.27. The molecule has 4 rings (SSSR count). The van der Waals surface area contributed by atoms with Gasteiger partial charge in [-0.15, -0.1) is 11.3 Å². The van der Waals surface area contributed by atoms with Crippen molar-refractivity contribution in [2.75, 3.05) is 31.2 Å². The molecule has 0 aliphatic carbocycles. The van der Waals surface area contributed by atoms with Crippen molar-refractivity contribution >= 4 is 28.4 Å². The molecule has 0 radical (unpaired) electrons. The largest absolute Gasteiger partial charge is 0.378 e. The highest BCUT2D eigenvalue weighted by Crippen LogP contribution is 2.25. The van der Waals surface area contributed by atoms with Crippen molar-refractivity contribution in [1.29, 1.82) is 0 Å². The summed E-state index contributed by atoms with van der Waals surface area (Å²) in [5.41, 5.74) is 6.45. The number of ether oxygens (including phenoxy) is 1. The lowest BCUT2D eigenvalue weighted by Crippen LogP contribution is -2.36. The zero-order valence-electron chi connectivity index (χ0n) is 16.5. The third kappa shape index (κ3) is 4.81. The molecule has 1 aliphatic rings. The Bertz CT molecular complexity index is 885. The van der Waals surface area contributed by atoms with Crippen LogP contribution in [-0.2, 0) is 17.7 Å². The summed E-state index contributed by atoms with van der Waals surface area (Å²) >= 11 is 3.51. The molecule has 4 nitrogen and oxygen atoms in total. The lowest BCUT2D eigenvalue weighted by atomic mass is 10.1. The molecule has 0 spiro atoms. The average molecular weight is 414 g/mol. The fourth-order valence-corrected chi connectivity index (χ4v) is 5.11. The highest BCUT2D eigenvalue weighted by atomic mass is 32.1. The number of nitrogens with one attached hydrogen (secondary N) is 1. The quantitative estimate of drug-likeness (QED) is 0.607. The van der Waals surface area contributed by atoms with Gasteiger partial charge in [-0.3, -0.25) is 0 Å². The Morgan fingerprint density at radius 3 is 2.71 bits per heavy atom. The van der Waals surface area contributed by atoms with Gasteiger partial charge in [-0.05, 0) is 65.9 Å². The molecule has 0 unspecified atom stereocenters. The van der Waals surface area contributed by atoms with Crippen molar-refractivity contribution in [2.45, 2.75) is 32.9 Å². The number of thiazole rings is 1. The SMILES string of the molecule is Cc1csc([C@H](Cc2ccsc2)NCc2ccc(N3CCOCC3)cc2C)n1. The van der Waals surface area contributed by atoms with Crippen LogP contribution in [0.25, 0.3) is 0 Å². The second-order valence-electron chi connectivity index (χ2n) is 7.31. The van der Waals surface area contributed by atoms with Crippen molar-refractivity contribution in [3.8, 4) is 0 Å². The summed E-state index contributed by atoms with van der Waals surface area (Å²) in [5, 5.41) is 11.5. The average Bonchev–Trinajstić information content (AvgIpc) is 3.38. The normalized spacial score (nSPS) is 15.7. The van der Waals surface area contributed by atoms with Gasteiger partial charge in [-0.2, -0.15) is 11.3 Å². The first kappa shape index (κ1) is 19.6. The maximum absolute atomic E-state index is 5.47. The van der Waals surface area contributed by atoms with Crippen LogP contribution in [0.2, 0.25) is 0 Å². The molecule has 1 atom stereocenters. The van der Waals surface area contributed by atoms with E-state index >= 15 is 0 Å². The van der Waals surface area contributed by atoms with Crippen molar-refractivity contribution in [2.24, 2.45) is 0 Å². The lowest BCUT2D eigenvalue weighted by molar-refractivity contribution is 0.122. The van der Waals surface area contributed by atoms with Crippen LogP contribution in [0.1, 0.15) is 33.4 Å². The molecular formula is C22H27N3OS2. The first-order valence-corrected chi connectivity index (χ1v) is 11.6. The maximum atomic E-state index is 5.47. The summed E-state index contributed by atoms with van der Waals surface area (Å²) in [6.45, 7) is 8.72.